The van der Waals surface area contributed by atoms with Crippen LogP contribution in [0.1, 0.15) is 51.9 Å². The fourth-order valence-corrected chi connectivity index (χ4v) is 3.24. The summed E-state index contributed by atoms with van der Waals surface area (Å²) >= 11 is 0. The number of hydrogen-bond acceptors (Lipinski definition) is 2. The predicted octanol–water partition coefficient (Wildman–Crippen LogP) is 2.54. The molecule has 2 nitrogen and oxygen atoms in total. The van der Waals surface area contributed by atoms with Gasteiger partial charge in [-0.25, -0.2) is 0 Å². The van der Waals surface area contributed by atoms with Gasteiger partial charge < -0.3 is 10.6 Å². The Kier molecular flexibility index (Phi) is 5.11. The summed E-state index contributed by atoms with van der Waals surface area (Å²) in [6, 6.07) is 0.743. The maximum Gasteiger partial charge on any atom is 0.0192 e. The molecule has 1 aliphatic carbocycles. The first-order valence-corrected chi connectivity index (χ1v) is 7.30. The summed E-state index contributed by atoms with van der Waals surface area (Å²) < 4.78 is 0. The predicted molar refractivity (Wildman–Crippen MR) is 69.6 cm³/mol. The second-order valence-corrected chi connectivity index (χ2v) is 5.83. The fourth-order valence-electron chi connectivity index (χ4n) is 3.24. The zero-order valence-corrected chi connectivity index (χ0v) is 10.8. The molecule has 0 aromatic carbocycles. The average molecular weight is 224 g/mol. The van der Waals surface area contributed by atoms with Gasteiger partial charge in [-0.15, -0.1) is 0 Å². The highest BCUT2D eigenvalue weighted by atomic mass is 15.0. The third kappa shape index (κ3) is 3.74. The van der Waals surface area contributed by atoms with Gasteiger partial charge in [0, 0.05) is 12.6 Å². The SMILES string of the molecule is CC1CCCCC1CNCC1CCCCN1. The molecule has 2 heteroatoms. The molecule has 0 aromatic heterocycles. The Labute approximate surface area is 101 Å². The topological polar surface area (TPSA) is 24.1 Å². The lowest BCUT2D eigenvalue weighted by atomic mass is 9.80. The van der Waals surface area contributed by atoms with E-state index in [0.717, 1.165) is 17.9 Å². The van der Waals surface area contributed by atoms with E-state index in [-0.39, 0.29) is 0 Å². The van der Waals surface area contributed by atoms with Crippen molar-refractivity contribution in [2.75, 3.05) is 19.6 Å². The van der Waals surface area contributed by atoms with Crippen LogP contribution in [-0.2, 0) is 0 Å². The number of rotatable bonds is 4. The standard InChI is InChI=1S/C14H28N2/c1-12-6-2-3-7-13(12)10-15-11-14-8-4-5-9-16-14/h12-16H,2-11H2,1H3. The molecule has 1 saturated carbocycles. The number of hydrogen-bond donors (Lipinski definition) is 2. The molecule has 0 bridgehead atoms. The summed E-state index contributed by atoms with van der Waals surface area (Å²) in [4.78, 5) is 0. The summed E-state index contributed by atoms with van der Waals surface area (Å²) in [6.45, 7) is 6.10. The maximum absolute atomic E-state index is 3.69. The molecule has 2 fully saturated rings. The van der Waals surface area contributed by atoms with Crippen molar-refractivity contribution in [3.63, 3.8) is 0 Å². The number of piperidine rings is 1. The molecule has 2 rings (SSSR count). The molecule has 2 N–H and O–H groups in total. The fraction of sp³-hybridized carbons (Fsp3) is 1.00. The van der Waals surface area contributed by atoms with Gasteiger partial charge in [-0.05, 0) is 44.2 Å². The monoisotopic (exact) mass is 224 g/mol. The van der Waals surface area contributed by atoms with Crippen molar-refractivity contribution in [3.05, 3.63) is 0 Å². The van der Waals surface area contributed by atoms with Crippen molar-refractivity contribution < 1.29 is 0 Å². The van der Waals surface area contributed by atoms with E-state index in [4.69, 9.17) is 0 Å². The average Bonchev–Trinajstić information content (AvgIpc) is 2.33. The molecule has 0 aromatic rings. The molecular formula is C14H28N2. The van der Waals surface area contributed by atoms with Gasteiger partial charge in [-0.3, -0.25) is 0 Å². The van der Waals surface area contributed by atoms with Crippen LogP contribution >= 0.6 is 0 Å². The molecule has 3 atom stereocenters. The Morgan fingerprint density at radius 2 is 1.81 bits per heavy atom. The number of nitrogens with one attached hydrogen (secondary N) is 2. The van der Waals surface area contributed by atoms with E-state index in [1.165, 1.54) is 64.6 Å². The van der Waals surface area contributed by atoms with E-state index >= 15 is 0 Å². The van der Waals surface area contributed by atoms with Gasteiger partial charge in [0.25, 0.3) is 0 Å². The van der Waals surface area contributed by atoms with E-state index < -0.39 is 0 Å². The lowest BCUT2D eigenvalue weighted by molar-refractivity contribution is 0.243. The van der Waals surface area contributed by atoms with E-state index in [1.807, 2.05) is 0 Å². The Morgan fingerprint density at radius 3 is 2.56 bits per heavy atom. The molecule has 0 spiro atoms. The normalized spacial score (nSPS) is 36.2. The summed E-state index contributed by atoms with van der Waals surface area (Å²) in [7, 11) is 0. The van der Waals surface area contributed by atoms with E-state index in [2.05, 4.69) is 17.6 Å². The largest absolute Gasteiger partial charge is 0.315 e. The van der Waals surface area contributed by atoms with Crippen molar-refractivity contribution in [3.8, 4) is 0 Å². The minimum absolute atomic E-state index is 0.743. The quantitative estimate of drug-likeness (QED) is 0.767. The van der Waals surface area contributed by atoms with Gasteiger partial charge >= 0.3 is 0 Å². The lowest BCUT2D eigenvalue weighted by Gasteiger charge is -2.30. The third-order valence-electron chi connectivity index (χ3n) is 4.50. The highest BCUT2D eigenvalue weighted by Gasteiger charge is 2.21. The van der Waals surface area contributed by atoms with Crippen molar-refractivity contribution >= 4 is 0 Å². The molecule has 3 unspecified atom stereocenters. The van der Waals surface area contributed by atoms with Crippen molar-refractivity contribution in [1.29, 1.82) is 0 Å². The van der Waals surface area contributed by atoms with Gasteiger partial charge in [-0.2, -0.15) is 0 Å². The van der Waals surface area contributed by atoms with Crippen LogP contribution in [0.2, 0.25) is 0 Å². The maximum atomic E-state index is 3.69. The summed E-state index contributed by atoms with van der Waals surface area (Å²) in [5.41, 5.74) is 0. The zero-order chi connectivity index (χ0) is 11.2. The van der Waals surface area contributed by atoms with Crippen LogP contribution in [0.15, 0.2) is 0 Å². The third-order valence-corrected chi connectivity index (χ3v) is 4.50. The molecule has 0 amide bonds. The summed E-state index contributed by atoms with van der Waals surface area (Å²) in [5.74, 6) is 1.89. The van der Waals surface area contributed by atoms with Crippen molar-refractivity contribution in [2.45, 2.75) is 57.9 Å². The second kappa shape index (κ2) is 6.61. The first-order chi connectivity index (χ1) is 7.86. The smallest absolute Gasteiger partial charge is 0.0192 e. The van der Waals surface area contributed by atoms with Crippen molar-refractivity contribution in [2.24, 2.45) is 11.8 Å². The molecule has 94 valence electrons. The molecular weight excluding hydrogens is 196 g/mol. The van der Waals surface area contributed by atoms with Gasteiger partial charge in [-0.1, -0.05) is 32.6 Å². The molecule has 16 heavy (non-hydrogen) atoms. The highest BCUT2D eigenvalue weighted by molar-refractivity contribution is 4.78. The first kappa shape index (κ1) is 12.4. The molecule has 1 heterocycles. The minimum atomic E-state index is 0.743. The van der Waals surface area contributed by atoms with Crippen LogP contribution in [0.5, 0.6) is 0 Å². The van der Waals surface area contributed by atoms with Gasteiger partial charge in [0.15, 0.2) is 0 Å². The van der Waals surface area contributed by atoms with Gasteiger partial charge in [0.2, 0.25) is 0 Å². The Bertz CT molecular complexity index is 187. The Hall–Kier alpha value is -0.0800. The molecule has 1 saturated heterocycles. The van der Waals surface area contributed by atoms with Crippen LogP contribution in [0.25, 0.3) is 0 Å². The summed E-state index contributed by atoms with van der Waals surface area (Å²) in [6.07, 6.45) is 9.98. The van der Waals surface area contributed by atoms with E-state index in [0.29, 0.717) is 0 Å². The highest BCUT2D eigenvalue weighted by Crippen LogP contribution is 2.28. The zero-order valence-electron chi connectivity index (χ0n) is 10.8. The Morgan fingerprint density at radius 1 is 1.00 bits per heavy atom. The van der Waals surface area contributed by atoms with E-state index in [1.54, 1.807) is 0 Å². The van der Waals surface area contributed by atoms with Crippen LogP contribution in [-0.4, -0.2) is 25.7 Å². The van der Waals surface area contributed by atoms with Crippen LogP contribution in [0.4, 0.5) is 0 Å². The first-order valence-electron chi connectivity index (χ1n) is 7.30. The van der Waals surface area contributed by atoms with Gasteiger partial charge in [0.1, 0.15) is 0 Å². The lowest BCUT2D eigenvalue weighted by Crippen LogP contribution is -2.43. The van der Waals surface area contributed by atoms with E-state index in [9.17, 15) is 0 Å². The van der Waals surface area contributed by atoms with Crippen LogP contribution < -0.4 is 10.6 Å². The molecule has 2 aliphatic rings. The minimum Gasteiger partial charge on any atom is -0.315 e. The second-order valence-electron chi connectivity index (χ2n) is 5.83. The Balaban J connectivity index is 1.59. The summed E-state index contributed by atoms with van der Waals surface area (Å²) in [5, 5.41) is 7.30. The molecule has 0 radical (unpaired) electrons. The molecule has 1 aliphatic heterocycles. The van der Waals surface area contributed by atoms with Crippen LogP contribution in [0.3, 0.4) is 0 Å². The van der Waals surface area contributed by atoms with Gasteiger partial charge in [0.05, 0.1) is 0 Å². The van der Waals surface area contributed by atoms with Crippen LogP contribution in [0, 0.1) is 11.8 Å². The van der Waals surface area contributed by atoms with Crippen molar-refractivity contribution in [1.82, 2.24) is 10.6 Å².